The van der Waals surface area contributed by atoms with Crippen LogP contribution in [0.25, 0.3) is 0 Å². The molecule has 0 saturated heterocycles. The molecular weight excluding hydrogens is 230 g/mol. The van der Waals surface area contributed by atoms with E-state index < -0.39 is 0 Å². The second-order valence-electron chi connectivity index (χ2n) is 6.06. The number of nitrogens with one attached hydrogen (secondary N) is 1. The summed E-state index contributed by atoms with van der Waals surface area (Å²) >= 11 is 0. The number of hydrogen-bond donors (Lipinski definition) is 1. The fourth-order valence-electron chi connectivity index (χ4n) is 2.21. The molecule has 0 aromatic heterocycles. The van der Waals surface area contributed by atoms with E-state index >= 15 is 0 Å². The molecule has 0 aliphatic heterocycles. The molecule has 1 aliphatic rings. The van der Waals surface area contributed by atoms with Crippen LogP contribution in [-0.4, -0.2) is 37.4 Å². The van der Waals surface area contributed by atoms with Gasteiger partial charge in [0.05, 0.1) is 12.5 Å². The Morgan fingerprint density at radius 3 is 2.56 bits per heavy atom. The molecule has 0 radical (unpaired) electrons. The SMILES string of the molecule is COC1CCCC(OC(=O)CCNC(C)(C)C)C1. The lowest BCUT2D eigenvalue weighted by Gasteiger charge is -2.28. The molecule has 0 spiro atoms. The maximum Gasteiger partial charge on any atom is 0.307 e. The summed E-state index contributed by atoms with van der Waals surface area (Å²) in [6.45, 7) is 6.93. The highest BCUT2D eigenvalue weighted by molar-refractivity contribution is 5.69. The van der Waals surface area contributed by atoms with Crippen LogP contribution in [0.15, 0.2) is 0 Å². The lowest BCUT2D eigenvalue weighted by molar-refractivity contribution is -0.152. The summed E-state index contributed by atoms with van der Waals surface area (Å²) in [5, 5.41) is 3.28. The average Bonchev–Trinajstić information content (AvgIpc) is 2.27. The fourth-order valence-corrected chi connectivity index (χ4v) is 2.21. The maximum absolute atomic E-state index is 11.7. The minimum Gasteiger partial charge on any atom is -0.462 e. The van der Waals surface area contributed by atoms with Gasteiger partial charge in [-0.2, -0.15) is 0 Å². The second kappa shape index (κ2) is 7.10. The van der Waals surface area contributed by atoms with Crippen molar-refractivity contribution in [1.82, 2.24) is 5.32 Å². The van der Waals surface area contributed by atoms with Crippen LogP contribution in [0.1, 0.15) is 52.9 Å². The zero-order valence-electron chi connectivity index (χ0n) is 12.1. The first-order valence-electron chi connectivity index (χ1n) is 6.88. The van der Waals surface area contributed by atoms with Gasteiger partial charge in [0.25, 0.3) is 0 Å². The summed E-state index contributed by atoms with van der Waals surface area (Å²) in [6.07, 6.45) is 4.71. The predicted octanol–water partition coefficient (Wildman–Crippen LogP) is 2.27. The lowest BCUT2D eigenvalue weighted by atomic mass is 9.95. The third-order valence-electron chi connectivity index (χ3n) is 3.19. The smallest absolute Gasteiger partial charge is 0.307 e. The van der Waals surface area contributed by atoms with E-state index in [2.05, 4.69) is 26.1 Å². The Morgan fingerprint density at radius 2 is 1.94 bits per heavy atom. The highest BCUT2D eigenvalue weighted by Gasteiger charge is 2.24. The quantitative estimate of drug-likeness (QED) is 0.768. The third kappa shape index (κ3) is 6.36. The average molecular weight is 257 g/mol. The predicted molar refractivity (Wildman–Crippen MR) is 71.5 cm³/mol. The lowest BCUT2D eigenvalue weighted by Crippen LogP contribution is -2.37. The van der Waals surface area contributed by atoms with Gasteiger partial charge in [-0.15, -0.1) is 0 Å². The van der Waals surface area contributed by atoms with Crippen LogP contribution in [0, 0.1) is 0 Å². The molecule has 2 unspecified atom stereocenters. The van der Waals surface area contributed by atoms with E-state index in [4.69, 9.17) is 9.47 Å². The van der Waals surface area contributed by atoms with Crippen molar-refractivity contribution >= 4 is 5.97 Å². The van der Waals surface area contributed by atoms with Crippen LogP contribution in [0.3, 0.4) is 0 Å². The molecule has 1 saturated carbocycles. The highest BCUT2D eigenvalue weighted by Crippen LogP contribution is 2.23. The molecule has 0 heterocycles. The Kier molecular flexibility index (Phi) is 6.09. The number of hydrogen-bond acceptors (Lipinski definition) is 4. The number of carbonyl (C=O) groups excluding carboxylic acids is 1. The first-order valence-corrected chi connectivity index (χ1v) is 6.88. The van der Waals surface area contributed by atoms with E-state index in [1.54, 1.807) is 7.11 Å². The van der Waals surface area contributed by atoms with Gasteiger partial charge in [-0.25, -0.2) is 0 Å². The first kappa shape index (κ1) is 15.4. The van der Waals surface area contributed by atoms with Crippen LogP contribution in [0.2, 0.25) is 0 Å². The molecule has 0 aromatic rings. The number of methoxy groups -OCH3 is 1. The van der Waals surface area contributed by atoms with Crippen molar-refractivity contribution in [3.63, 3.8) is 0 Å². The molecular formula is C14H27NO3. The Bertz CT molecular complexity index is 260. The molecule has 0 amide bonds. The second-order valence-corrected chi connectivity index (χ2v) is 6.06. The van der Waals surface area contributed by atoms with Crippen molar-refractivity contribution < 1.29 is 14.3 Å². The number of ether oxygens (including phenoxy) is 2. The van der Waals surface area contributed by atoms with Gasteiger partial charge in [0.1, 0.15) is 6.10 Å². The van der Waals surface area contributed by atoms with Crippen LogP contribution in [-0.2, 0) is 14.3 Å². The van der Waals surface area contributed by atoms with Crippen LogP contribution in [0.4, 0.5) is 0 Å². The normalized spacial score (nSPS) is 24.9. The highest BCUT2D eigenvalue weighted by atomic mass is 16.5. The molecule has 0 aromatic carbocycles. The van der Waals surface area contributed by atoms with E-state index in [-0.39, 0.29) is 23.7 Å². The van der Waals surface area contributed by atoms with Gasteiger partial charge in [0, 0.05) is 25.6 Å². The van der Waals surface area contributed by atoms with Gasteiger partial charge in [-0.3, -0.25) is 4.79 Å². The zero-order chi connectivity index (χ0) is 13.6. The molecule has 106 valence electrons. The van der Waals surface area contributed by atoms with Gasteiger partial charge in [-0.05, 0) is 40.0 Å². The Morgan fingerprint density at radius 1 is 1.28 bits per heavy atom. The summed E-state index contributed by atoms with van der Waals surface area (Å²) in [5.74, 6) is -0.103. The monoisotopic (exact) mass is 257 g/mol. The van der Waals surface area contributed by atoms with Crippen LogP contribution in [0.5, 0.6) is 0 Å². The zero-order valence-corrected chi connectivity index (χ0v) is 12.1. The van der Waals surface area contributed by atoms with Gasteiger partial charge in [0.15, 0.2) is 0 Å². The summed E-state index contributed by atoms with van der Waals surface area (Å²) in [6, 6.07) is 0. The molecule has 1 rings (SSSR count). The Hall–Kier alpha value is -0.610. The number of carbonyl (C=O) groups is 1. The molecule has 4 nitrogen and oxygen atoms in total. The Labute approximate surface area is 110 Å². The van der Waals surface area contributed by atoms with E-state index in [9.17, 15) is 4.79 Å². The van der Waals surface area contributed by atoms with Gasteiger partial charge >= 0.3 is 5.97 Å². The maximum atomic E-state index is 11.7. The van der Waals surface area contributed by atoms with Crippen LogP contribution < -0.4 is 5.32 Å². The van der Waals surface area contributed by atoms with Crippen molar-refractivity contribution in [3.05, 3.63) is 0 Å². The minimum absolute atomic E-state index is 0.0471. The van der Waals surface area contributed by atoms with E-state index in [0.717, 1.165) is 25.7 Å². The number of rotatable bonds is 5. The minimum atomic E-state index is -0.103. The first-order chi connectivity index (χ1) is 8.40. The van der Waals surface area contributed by atoms with Crippen molar-refractivity contribution in [3.8, 4) is 0 Å². The molecule has 2 atom stereocenters. The van der Waals surface area contributed by atoms with Gasteiger partial charge < -0.3 is 14.8 Å². The van der Waals surface area contributed by atoms with Crippen molar-refractivity contribution in [2.24, 2.45) is 0 Å². The van der Waals surface area contributed by atoms with E-state index in [0.29, 0.717) is 13.0 Å². The topological polar surface area (TPSA) is 47.6 Å². The van der Waals surface area contributed by atoms with Crippen molar-refractivity contribution in [2.75, 3.05) is 13.7 Å². The fraction of sp³-hybridized carbons (Fsp3) is 0.929. The van der Waals surface area contributed by atoms with Crippen molar-refractivity contribution in [2.45, 2.75) is 70.6 Å². The molecule has 1 fully saturated rings. The molecule has 4 heteroatoms. The summed E-state index contributed by atoms with van der Waals surface area (Å²) in [5.41, 5.74) is 0.0479. The standard InChI is InChI=1S/C14H27NO3/c1-14(2,3)15-9-8-13(16)18-12-7-5-6-11(10-12)17-4/h11-12,15H,5-10H2,1-4H3. The molecule has 1 aliphatic carbocycles. The van der Waals surface area contributed by atoms with E-state index in [1.165, 1.54) is 0 Å². The largest absolute Gasteiger partial charge is 0.462 e. The Balaban J connectivity index is 2.19. The van der Waals surface area contributed by atoms with Crippen molar-refractivity contribution in [1.29, 1.82) is 0 Å². The molecule has 1 N–H and O–H groups in total. The van der Waals surface area contributed by atoms with Crippen LogP contribution >= 0.6 is 0 Å². The summed E-state index contributed by atoms with van der Waals surface area (Å²) < 4.78 is 10.8. The number of esters is 1. The van der Waals surface area contributed by atoms with Gasteiger partial charge in [0.2, 0.25) is 0 Å². The summed E-state index contributed by atoms with van der Waals surface area (Å²) in [4.78, 5) is 11.7. The third-order valence-corrected chi connectivity index (χ3v) is 3.19. The summed E-state index contributed by atoms with van der Waals surface area (Å²) in [7, 11) is 1.72. The molecule has 0 bridgehead atoms. The van der Waals surface area contributed by atoms with E-state index in [1.807, 2.05) is 0 Å². The molecule has 18 heavy (non-hydrogen) atoms. The van der Waals surface area contributed by atoms with Gasteiger partial charge in [-0.1, -0.05) is 0 Å².